The van der Waals surface area contributed by atoms with E-state index in [1.807, 2.05) is 6.20 Å². The Balaban J connectivity index is 1.11. The molecule has 1 aromatic heterocycles. The Bertz CT molecular complexity index is 892. The van der Waals surface area contributed by atoms with Crippen molar-refractivity contribution in [3.05, 3.63) is 29.6 Å². The summed E-state index contributed by atoms with van der Waals surface area (Å²) in [5.74, 6) is 1.41. The Hall–Kier alpha value is -2.11. The SMILES string of the molecule is CC(C)(C)c1ccnc(C2CC3(CCN(C(=O)[C@@H]4C[C@]5(COC(N)=O)CC45)CC3)C2)c1. The molecule has 1 saturated heterocycles. The third-order valence-electron chi connectivity index (χ3n) is 8.74. The van der Waals surface area contributed by atoms with Crippen molar-refractivity contribution in [3.8, 4) is 0 Å². The van der Waals surface area contributed by atoms with Crippen molar-refractivity contribution in [2.45, 2.75) is 70.6 Å². The summed E-state index contributed by atoms with van der Waals surface area (Å²) in [6, 6.07) is 4.44. The maximum atomic E-state index is 13.0. The Morgan fingerprint density at radius 3 is 2.52 bits per heavy atom. The third kappa shape index (κ3) is 3.62. The van der Waals surface area contributed by atoms with Gasteiger partial charge in [-0.1, -0.05) is 20.8 Å². The van der Waals surface area contributed by atoms with Crippen LogP contribution in [0.1, 0.15) is 76.5 Å². The van der Waals surface area contributed by atoms with Gasteiger partial charge < -0.3 is 15.4 Å². The fraction of sp³-hybridized carbons (Fsp3) is 0.720. The zero-order chi connectivity index (χ0) is 22.0. The number of aromatic nitrogens is 1. The lowest BCUT2D eigenvalue weighted by molar-refractivity contribution is -0.144. The predicted molar refractivity (Wildman–Crippen MR) is 117 cm³/mol. The molecule has 0 aromatic carbocycles. The van der Waals surface area contributed by atoms with E-state index in [0.717, 1.165) is 38.8 Å². The van der Waals surface area contributed by atoms with Crippen LogP contribution in [0.2, 0.25) is 0 Å². The van der Waals surface area contributed by atoms with Gasteiger partial charge in [0.1, 0.15) is 0 Å². The number of hydrogen-bond acceptors (Lipinski definition) is 4. The highest BCUT2D eigenvalue weighted by Crippen LogP contribution is 2.71. The smallest absolute Gasteiger partial charge is 0.404 e. The van der Waals surface area contributed by atoms with Gasteiger partial charge in [-0.05, 0) is 73.0 Å². The maximum Gasteiger partial charge on any atom is 0.404 e. The molecule has 2 heterocycles. The molecule has 3 saturated carbocycles. The molecule has 0 radical (unpaired) electrons. The van der Waals surface area contributed by atoms with E-state index < -0.39 is 6.09 Å². The van der Waals surface area contributed by atoms with Gasteiger partial charge in [-0.25, -0.2) is 4.79 Å². The monoisotopic (exact) mass is 425 g/mol. The van der Waals surface area contributed by atoms with Gasteiger partial charge in [0, 0.05) is 42.2 Å². The van der Waals surface area contributed by atoms with Gasteiger partial charge in [0.15, 0.2) is 0 Å². The minimum Gasteiger partial charge on any atom is -0.449 e. The van der Waals surface area contributed by atoms with Crippen molar-refractivity contribution in [3.63, 3.8) is 0 Å². The summed E-state index contributed by atoms with van der Waals surface area (Å²) in [6.45, 7) is 8.90. The minimum atomic E-state index is -0.713. The number of carbonyl (C=O) groups is 2. The number of pyridine rings is 1. The number of rotatable bonds is 4. The number of nitrogens with zero attached hydrogens (tertiary/aromatic N) is 2. The molecule has 31 heavy (non-hydrogen) atoms. The predicted octanol–water partition coefficient (Wildman–Crippen LogP) is 3.99. The van der Waals surface area contributed by atoms with E-state index in [9.17, 15) is 9.59 Å². The largest absolute Gasteiger partial charge is 0.449 e. The molecule has 0 bridgehead atoms. The molecular formula is C25H35N3O3. The van der Waals surface area contributed by atoms with E-state index in [1.54, 1.807) is 0 Å². The number of primary amides is 1. The van der Waals surface area contributed by atoms with Crippen LogP contribution in [0.25, 0.3) is 0 Å². The van der Waals surface area contributed by atoms with Gasteiger partial charge in [-0.2, -0.15) is 0 Å². The topological polar surface area (TPSA) is 85.5 Å². The fourth-order valence-electron chi connectivity index (χ4n) is 6.48. The molecule has 1 aromatic rings. The summed E-state index contributed by atoms with van der Waals surface area (Å²) in [6.07, 6.45) is 7.73. The lowest BCUT2D eigenvalue weighted by Crippen LogP contribution is -2.51. The van der Waals surface area contributed by atoms with Crippen molar-refractivity contribution in [2.24, 2.45) is 28.4 Å². The molecule has 2 amide bonds. The van der Waals surface area contributed by atoms with Crippen molar-refractivity contribution >= 4 is 12.0 Å². The average molecular weight is 426 g/mol. The average Bonchev–Trinajstić information content (AvgIpc) is 3.27. The molecule has 3 aliphatic carbocycles. The highest BCUT2D eigenvalue weighted by Gasteiger charge is 2.70. The van der Waals surface area contributed by atoms with E-state index in [4.69, 9.17) is 10.5 Å². The van der Waals surface area contributed by atoms with Crippen molar-refractivity contribution in [2.75, 3.05) is 19.7 Å². The summed E-state index contributed by atoms with van der Waals surface area (Å²) >= 11 is 0. The number of nitrogens with two attached hydrogens (primary N) is 1. The van der Waals surface area contributed by atoms with Crippen LogP contribution < -0.4 is 5.73 Å². The Labute approximate surface area is 184 Å². The van der Waals surface area contributed by atoms with E-state index in [2.05, 4.69) is 42.8 Å². The van der Waals surface area contributed by atoms with Crippen molar-refractivity contribution < 1.29 is 14.3 Å². The van der Waals surface area contributed by atoms with Crippen LogP contribution in [0, 0.1) is 22.7 Å². The second kappa shape index (κ2) is 6.94. The summed E-state index contributed by atoms with van der Waals surface area (Å²) in [5.41, 5.74) is 8.30. The van der Waals surface area contributed by atoms with Crippen molar-refractivity contribution in [1.82, 2.24) is 9.88 Å². The van der Waals surface area contributed by atoms with Crippen LogP contribution in [0.5, 0.6) is 0 Å². The highest BCUT2D eigenvalue weighted by atomic mass is 16.5. The second-order valence-electron chi connectivity index (χ2n) is 11.7. The Morgan fingerprint density at radius 1 is 1.19 bits per heavy atom. The number of likely N-dealkylation sites (tertiary alicyclic amines) is 1. The normalized spacial score (nSPS) is 31.4. The standard InChI is InChI=1S/C25H35N3O3/c1-23(2,3)17-4-7-27-20(10-17)16-11-24(12-16)5-8-28(9-6-24)21(29)18-13-25(14-19(18)25)15-31-22(26)30/h4,7,10,16,18-19H,5-6,8-9,11-15H2,1-3H3,(H2,26,30)/t18-,19?,25-/m1/s1. The van der Waals surface area contributed by atoms with Gasteiger partial charge in [0.05, 0.1) is 6.61 Å². The van der Waals surface area contributed by atoms with E-state index >= 15 is 0 Å². The number of ether oxygens (including phenoxy) is 1. The lowest BCUT2D eigenvalue weighted by atomic mass is 9.56. The van der Waals surface area contributed by atoms with Gasteiger partial charge >= 0.3 is 6.09 Å². The Morgan fingerprint density at radius 2 is 1.90 bits per heavy atom. The molecular weight excluding hydrogens is 390 g/mol. The van der Waals surface area contributed by atoms with Crippen LogP contribution in [-0.4, -0.2) is 41.6 Å². The second-order valence-corrected chi connectivity index (χ2v) is 11.7. The van der Waals surface area contributed by atoms with E-state index in [0.29, 0.717) is 29.8 Å². The first-order valence-electron chi connectivity index (χ1n) is 11.8. The Kier molecular flexibility index (Phi) is 4.65. The van der Waals surface area contributed by atoms with Gasteiger partial charge in [-0.15, -0.1) is 0 Å². The van der Waals surface area contributed by atoms with Gasteiger partial charge in [0.2, 0.25) is 5.91 Å². The maximum absolute atomic E-state index is 13.0. The summed E-state index contributed by atoms with van der Waals surface area (Å²) in [5, 5.41) is 0. The first-order chi connectivity index (χ1) is 14.6. The van der Waals surface area contributed by atoms with Crippen LogP contribution in [0.3, 0.4) is 0 Å². The summed E-state index contributed by atoms with van der Waals surface area (Å²) < 4.78 is 4.99. The number of carbonyl (C=O) groups excluding carboxylic acids is 2. The molecule has 4 aliphatic rings. The van der Waals surface area contributed by atoms with E-state index in [-0.39, 0.29) is 16.7 Å². The number of amides is 2. The van der Waals surface area contributed by atoms with Crippen molar-refractivity contribution in [1.29, 1.82) is 0 Å². The van der Waals surface area contributed by atoms with Crippen LogP contribution >= 0.6 is 0 Å². The number of hydrogen-bond donors (Lipinski definition) is 1. The quantitative estimate of drug-likeness (QED) is 0.790. The molecule has 4 fully saturated rings. The lowest BCUT2D eigenvalue weighted by Gasteiger charge is -2.53. The molecule has 1 aliphatic heterocycles. The zero-order valence-corrected chi connectivity index (χ0v) is 19.0. The molecule has 5 rings (SSSR count). The molecule has 1 spiro atoms. The fourth-order valence-corrected chi connectivity index (χ4v) is 6.48. The van der Waals surface area contributed by atoms with Crippen LogP contribution in [-0.2, 0) is 14.9 Å². The zero-order valence-electron chi connectivity index (χ0n) is 19.0. The van der Waals surface area contributed by atoms with Crippen LogP contribution in [0.15, 0.2) is 18.3 Å². The number of piperidine rings is 1. The summed E-state index contributed by atoms with van der Waals surface area (Å²) in [4.78, 5) is 30.6. The molecule has 168 valence electrons. The molecule has 2 N–H and O–H groups in total. The summed E-state index contributed by atoms with van der Waals surface area (Å²) in [7, 11) is 0. The third-order valence-corrected chi connectivity index (χ3v) is 8.74. The van der Waals surface area contributed by atoms with Gasteiger partial charge in [0.25, 0.3) is 0 Å². The van der Waals surface area contributed by atoms with E-state index in [1.165, 1.54) is 24.1 Å². The molecule has 3 atom stereocenters. The number of fused-ring (bicyclic) bond motifs is 1. The first-order valence-corrected chi connectivity index (χ1v) is 11.8. The van der Waals surface area contributed by atoms with Crippen LogP contribution in [0.4, 0.5) is 4.79 Å². The van der Waals surface area contributed by atoms with Gasteiger partial charge in [-0.3, -0.25) is 9.78 Å². The molecule has 1 unspecified atom stereocenters. The molecule has 6 nitrogen and oxygen atoms in total. The highest BCUT2D eigenvalue weighted by molar-refractivity contribution is 5.81. The minimum absolute atomic E-state index is 0.0577. The molecule has 6 heteroatoms. The first kappa shape index (κ1) is 20.8.